The van der Waals surface area contributed by atoms with Crippen molar-refractivity contribution in [1.29, 1.82) is 0 Å². The van der Waals surface area contributed by atoms with Gasteiger partial charge in [0.15, 0.2) is 0 Å². The van der Waals surface area contributed by atoms with Crippen LogP contribution in [-0.2, 0) is 0 Å². The molecule has 3 aromatic carbocycles. The van der Waals surface area contributed by atoms with Gasteiger partial charge in [-0.05, 0) is 46.5 Å². The Hall–Kier alpha value is -4.32. The molecule has 30 heavy (non-hydrogen) atoms. The topological polar surface area (TPSA) is 115 Å². The van der Waals surface area contributed by atoms with E-state index in [2.05, 4.69) is 0 Å². The zero-order valence-electron chi connectivity index (χ0n) is 15.7. The van der Waals surface area contributed by atoms with Gasteiger partial charge in [-0.1, -0.05) is 60.7 Å². The Bertz CT molecular complexity index is 1060. The van der Waals surface area contributed by atoms with Crippen molar-refractivity contribution in [3.8, 4) is 11.5 Å². The molecule has 6 nitrogen and oxygen atoms in total. The molecule has 0 fully saturated rings. The fraction of sp³-hybridized carbons (Fsp3) is 0. The molecule has 0 saturated carbocycles. The molecule has 4 N–H and O–H groups in total. The Morgan fingerprint density at radius 1 is 0.533 bits per heavy atom. The molecule has 0 amide bonds. The molecule has 0 unspecified atom stereocenters. The Labute approximate surface area is 172 Å². The molecule has 0 atom stereocenters. The number of aromatic hydroxyl groups is 2. The van der Waals surface area contributed by atoms with Crippen molar-refractivity contribution in [3.05, 3.63) is 94.0 Å². The molecule has 3 aromatic rings. The summed E-state index contributed by atoms with van der Waals surface area (Å²) >= 11 is 0. The van der Waals surface area contributed by atoms with E-state index in [1.807, 2.05) is 36.4 Å². The first-order chi connectivity index (χ1) is 14.3. The molecule has 0 aliphatic heterocycles. The lowest BCUT2D eigenvalue weighted by Crippen LogP contribution is -1.96. The number of hydrogen-bond acceptors (Lipinski definition) is 4. The van der Waals surface area contributed by atoms with Gasteiger partial charge < -0.3 is 20.4 Å². The number of carbonyl (C=O) groups is 2. The van der Waals surface area contributed by atoms with Gasteiger partial charge in [0.1, 0.15) is 22.6 Å². The third kappa shape index (κ3) is 4.94. The van der Waals surface area contributed by atoms with Gasteiger partial charge in [-0.2, -0.15) is 0 Å². The number of phenols is 2. The molecule has 150 valence electrons. The first-order valence-electron chi connectivity index (χ1n) is 8.92. The molecule has 0 bridgehead atoms. The van der Waals surface area contributed by atoms with Crippen LogP contribution in [0.25, 0.3) is 24.3 Å². The number of carboxylic acids is 2. The third-order valence-electron chi connectivity index (χ3n) is 4.37. The van der Waals surface area contributed by atoms with Gasteiger partial charge in [0.25, 0.3) is 0 Å². The highest BCUT2D eigenvalue weighted by molar-refractivity contribution is 5.92. The Balaban J connectivity index is 1.72. The smallest absolute Gasteiger partial charge is 0.339 e. The third-order valence-corrected chi connectivity index (χ3v) is 4.37. The van der Waals surface area contributed by atoms with Crippen molar-refractivity contribution in [2.24, 2.45) is 0 Å². The molecule has 0 aromatic heterocycles. The zero-order valence-corrected chi connectivity index (χ0v) is 15.7. The van der Waals surface area contributed by atoms with Gasteiger partial charge in [-0.3, -0.25) is 0 Å². The standard InChI is InChI=1S/C24H18O6/c25-21-11-9-17(13-19(21)23(27)28)7-5-15-1-2-16(4-3-15)6-8-18-10-12-22(26)20(14-18)24(29)30/h1-14,25-26H,(H,27,28)(H,29,30). The van der Waals surface area contributed by atoms with Crippen molar-refractivity contribution in [2.75, 3.05) is 0 Å². The van der Waals surface area contributed by atoms with E-state index in [1.54, 1.807) is 24.3 Å². The van der Waals surface area contributed by atoms with E-state index < -0.39 is 11.9 Å². The fourth-order valence-electron chi connectivity index (χ4n) is 2.76. The molecule has 0 radical (unpaired) electrons. The van der Waals surface area contributed by atoms with Crippen molar-refractivity contribution >= 4 is 36.2 Å². The van der Waals surface area contributed by atoms with Gasteiger partial charge in [0, 0.05) is 0 Å². The van der Waals surface area contributed by atoms with Gasteiger partial charge in [-0.15, -0.1) is 0 Å². The SMILES string of the molecule is O=C(O)c1cc(C=Cc2ccc(C=Cc3ccc(O)c(C(=O)O)c3)cc2)ccc1O. The lowest BCUT2D eigenvalue weighted by atomic mass is 10.1. The van der Waals surface area contributed by atoms with Crippen LogP contribution >= 0.6 is 0 Å². The van der Waals surface area contributed by atoms with Crippen LogP contribution in [-0.4, -0.2) is 32.4 Å². The predicted octanol–water partition coefficient (Wildman–Crippen LogP) is 4.84. The van der Waals surface area contributed by atoms with E-state index >= 15 is 0 Å². The first-order valence-corrected chi connectivity index (χ1v) is 8.92. The predicted molar refractivity (Wildman–Crippen MR) is 114 cm³/mol. The highest BCUT2D eigenvalue weighted by Crippen LogP contribution is 2.21. The van der Waals surface area contributed by atoms with Crippen LogP contribution in [0.3, 0.4) is 0 Å². The largest absolute Gasteiger partial charge is 0.507 e. The summed E-state index contributed by atoms with van der Waals surface area (Å²) in [5, 5.41) is 37.2. The van der Waals surface area contributed by atoms with E-state index in [0.717, 1.165) is 11.1 Å². The molecule has 0 spiro atoms. The van der Waals surface area contributed by atoms with E-state index in [0.29, 0.717) is 11.1 Å². The number of aromatic carboxylic acids is 2. The fourth-order valence-corrected chi connectivity index (χ4v) is 2.76. The summed E-state index contributed by atoms with van der Waals surface area (Å²) in [5.41, 5.74) is 2.78. The molecule has 0 aliphatic carbocycles. The number of hydrogen-bond donors (Lipinski definition) is 4. The van der Waals surface area contributed by atoms with Crippen LogP contribution in [0.2, 0.25) is 0 Å². The van der Waals surface area contributed by atoms with Crippen molar-refractivity contribution in [3.63, 3.8) is 0 Å². The average Bonchev–Trinajstić information content (AvgIpc) is 2.73. The lowest BCUT2D eigenvalue weighted by Gasteiger charge is -2.02. The highest BCUT2D eigenvalue weighted by Gasteiger charge is 2.09. The molecule has 6 heteroatoms. The van der Waals surface area contributed by atoms with Crippen molar-refractivity contribution in [1.82, 2.24) is 0 Å². The summed E-state index contributed by atoms with van der Waals surface area (Å²) in [4.78, 5) is 22.2. The summed E-state index contributed by atoms with van der Waals surface area (Å²) in [5.74, 6) is -2.94. The molecule has 0 saturated heterocycles. The summed E-state index contributed by atoms with van der Waals surface area (Å²) in [6.07, 6.45) is 7.15. The molecule has 0 aliphatic rings. The zero-order chi connectivity index (χ0) is 21.7. The number of benzene rings is 3. The molecular formula is C24H18O6. The van der Waals surface area contributed by atoms with E-state index in [-0.39, 0.29) is 22.6 Å². The highest BCUT2D eigenvalue weighted by atomic mass is 16.4. The van der Waals surface area contributed by atoms with Crippen molar-refractivity contribution < 1.29 is 30.0 Å². The van der Waals surface area contributed by atoms with E-state index in [1.165, 1.54) is 24.3 Å². The maximum Gasteiger partial charge on any atom is 0.339 e. The van der Waals surface area contributed by atoms with Crippen LogP contribution in [0.4, 0.5) is 0 Å². The minimum Gasteiger partial charge on any atom is -0.507 e. The molecule has 3 rings (SSSR count). The van der Waals surface area contributed by atoms with Crippen LogP contribution in [0.1, 0.15) is 43.0 Å². The van der Waals surface area contributed by atoms with Crippen LogP contribution in [0.5, 0.6) is 11.5 Å². The van der Waals surface area contributed by atoms with Gasteiger partial charge in [-0.25, -0.2) is 9.59 Å². The Morgan fingerprint density at radius 2 is 0.833 bits per heavy atom. The molecule has 0 heterocycles. The maximum absolute atomic E-state index is 11.1. The average molecular weight is 402 g/mol. The summed E-state index contributed by atoms with van der Waals surface area (Å²) in [7, 11) is 0. The normalized spacial score (nSPS) is 11.2. The molecular weight excluding hydrogens is 384 g/mol. The summed E-state index contributed by atoms with van der Waals surface area (Å²) in [6, 6.07) is 16.3. The summed E-state index contributed by atoms with van der Waals surface area (Å²) in [6.45, 7) is 0. The monoisotopic (exact) mass is 402 g/mol. The minimum absolute atomic E-state index is 0.155. The van der Waals surface area contributed by atoms with Crippen LogP contribution < -0.4 is 0 Å². The minimum atomic E-state index is -1.19. The first kappa shape index (κ1) is 20.4. The quantitative estimate of drug-likeness (QED) is 0.439. The lowest BCUT2D eigenvalue weighted by molar-refractivity contribution is 0.0682. The Kier molecular flexibility index (Phi) is 5.98. The van der Waals surface area contributed by atoms with E-state index in [9.17, 15) is 19.8 Å². The Morgan fingerprint density at radius 3 is 1.17 bits per heavy atom. The van der Waals surface area contributed by atoms with Gasteiger partial charge in [0.05, 0.1) is 0 Å². The second kappa shape index (κ2) is 8.79. The van der Waals surface area contributed by atoms with Crippen LogP contribution in [0, 0.1) is 0 Å². The second-order valence-electron chi connectivity index (χ2n) is 6.50. The second-order valence-corrected chi connectivity index (χ2v) is 6.50. The number of rotatable bonds is 6. The number of carboxylic acid groups (broad SMARTS) is 2. The van der Waals surface area contributed by atoms with Gasteiger partial charge >= 0.3 is 11.9 Å². The van der Waals surface area contributed by atoms with E-state index in [4.69, 9.17) is 10.2 Å². The van der Waals surface area contributed by atoms with Crippen molar-refractivity contribution in [2.45, 2.75) is 0 Å². The maximum atomic E-state index is 11.1. The summed E-state index contributed by atoms with van der Waals surface area (Å²) < 4.78 is 0. The van der Waals surface area contributed by atoms with Crippen LogP contribution in [0.15, 0.2) is 60.7 Å². The van der Waals surface area contributed by atoms with Gasteiger partial charge in [0.2, 0.25) is 0 Å².